The summed E-state index contributed by atoms with van der Waals surface area (Å²) in [5.41, 5.74) is 7.19. The summed E-state index contributed by atoms with van der Waals surface area (Å²) in [5.74, 6) is 0.777. The van der Waals surface area contributed by atoms with Gasteiger partial charge in [-0.05, 0) is 67.9 Å². The van der Waals surface area contributed by atoms with E-state index in [0.29, 0.717) is 18.2 Å². The number of carbonyl (C=O) groups is 1. The normalized spacial score (nSPS) is 13.6. The minimum Gasteiger partial charge on any atom is -0.494 e. The lowest BCUT2D eigenvalue weighted by atomic mass is 10.2. The van der Waals surface area contributed by atoms with Crippen LogP contribution in [0, 0.1) is 0 Å². The zero-order valence-electron chi connectivity index (χ0n) is 16.1. The Morgan fingerprint density at radius 1 is 1.14 bits per heavy atom. The topological polar surface area (TPSA) is 70.8 Å². The zero-order valence-corrected chi connectivity index (χ0v) is 17.7. The minimum absolute atomic E-state index is 0.0608. The van der Waals surface area contributed by atoms with Gasteiger partial charge in [0.15, 0.2) is 5.11 Å². The van der Waals surface area contributed by atoms with Crippen LogP contribution in [-0.2, 0) is 0 Å². The monoisotopic (exact) mass is 432 g/mol. The highest BCUT2D eigenvalue weighted by Crippen LogP contribution is 2.23. The molecule has 1 saturated heterocycles. The number of thiocarbonyl (C=S) groups is 1. The summed E-state index contributed by atoms with van der Waals surface area (Å²) in [4.78, 5) is 16.3. The van der Waals surface area contributed by atoms with E-state index in [1.807, 2.05) is 53.4 Å². The Balaban J connectivity index is 1.34. The number of carbonyl (C=O) groups excluding carboxylic acids is 1. The molecule has 1 aliphatic heterocycles. The number of halogens is 1. The molecule has 154 valence electrons. The lowest BCUT2D eigenvalue weighted by molar-refractivity contribution is 0.219. The summed E-state index contributed by atoms with van der Waals surface area (Å²) in [6.45, 7) is 2.85. The summed E-state index contributed by atoms with van der Waals surface area (Å²) in [5, 5.41) is 3.79. The predicted octanol–water partition coefficient (Wildman–Crippen LogP) is 4.49. The van der Waals surface area contributed by atoms with Crippen LogP contribution in [0.5, 0.6) is 5.75 Å². The van der Waals surface area contributed by atoms with Crippen molar-refractivity contribution in [3.63, 3.8) is 0 Å². The molecule has 3 rings (SSSR count). The number of rotatable bonds is 9. The largest absolute Gasteiger partial charge is 0.494 e. The number of unbranched alkanes of at least 4 members (excludes halogenated alkanes) is 2. The number of urea groups is 1. The maximum Gasteiger partial charge on any atom is 0.324 e. The Kier molecular flexibility index (Phi) is 7.55. The van der Waals surface area contributed by atoms with Gasteiger partial charge in [0.25, 0.3) is 0 Å². The second-order valence-corrected chi connectivity index (χ2v) is 7.70. The Labute approximate surface area is 181 Å². The number of ether oxygens (including phenoxy) is 1. The molecular formula is C21H25ClN4O2S. The second-order valence-electron chi connectivity index (χ2n) is 6.82. The van der Waals surface area contributed by atoms with Crippen LogP contribution in [0.15, 0.2) is 48.5 Å². The summed E-state index contributed by atoms with van der Waals surface area (Å²) in [7, 11) is 0. The third-order valence-corrected chi connectivity index (χ3v) is 5.03. The smallest absolute Gasteiger partial charge is 0.324 e. The molecule has 29 heavy (non-hydrogen) atoms. The van der Waals surface area contributed by atoms with E-state index < -0.39 is 0 Å². The highest BCUT2D eigenvalue weighted by molar-refractivity contribution is 7.80. The predicted molar refractivity (Wildman–Crippen MR) is 122 cm³/mol. The lowest BCUT2D eigenvalue weighted by Crippen LogP contribution is -2.32. The van der Waals surface area contributed by atoms with Crippen molar-refractivity contribution in [2.75, 3.05) is 36.5 Å². The first-order valence-electron chi connectivity index (χ1n) is 9.64. The van der Waals surface area contributed by atoms with E-state index >= 15 is 0 Å². The Morgan fingerprint density at radius 3 is 2.69 bits per heavy atom. The fourth-order valence-corrected chi connectivity index (χ4v) is 3.47. The van der Waals surface area contributed by atoms with Crippen LogP contribution in [0.1, 0.15) is 19.3 Å². The van der Waals surface area contributed by atoms with Crippen molar-refractivity contribution in [2.45, 2.75) is 19.3 Å². The van der Waals surface area contributed by atoms with E-state index in [0.717, 1.165) is 49.5 Å². The number of hydrogen-bond acceptors (Lipinski definition) is 3. The number of benzene rings is 2. The lowest BCUT2D eigenvalue weighted by Gasteiger charge is -2.18. The third kappa shape index (κ3) is 6.24. The van der Waals surface area contributed by atoms with E-state index in [1.54, 1.807) is 4.90 Å². The van der Waals surface area contributed by atoms with Crippen molar-refractivity contribution >= 4 is 46.3 Å². The van der Waals surface area contributed by atoms with Gasteiger partial charge in [0, 0.05) is 42.1 Å². The summed E-state index contributed by atoms with van der Waals surface area (Å²) in [6.07, 6.45) is 2.87. The average Bonchev–Trinajstić information content (AvgIpc) is 3.05. The van der Waals surface area contributed by atoms with Gasteiger partial charge in [0.1, 0.15) is 5.75 Å². The zero-order chi connectivity index (χ0) is 20.6. The first-order valence-corrected chi connectivity index (χ1v) is 10.4. The van der Waals surface area contributed by atoms with Crippen LogP contribution in [0.2, 0.25) is 5.02 Å². The molecule has 2 aromatic carbocycles. The average molecular weight is 433 g/mol. The van der Waals surface area contributed by atoms with Gasteiger partial charge < -0.3 is 20.7 Å². The Bertz CT molecular complexity index is 847. The minimum atomic E-state index is 0.0608. The quantitative estimate of drug-likeness (QED) is 0.451. The van der Waals surface area contributed by atoms with E-state index in [1.165, 1.54) is 0 Å². The Hall–Kier alpha value is -2.51. The van der Waals surface area contributed by atoms with Crippen LogP contribution >= 0.6 is 23.8 Å². The molecule has 0 saturated carbocycles. The number of nitrogens with two attached hydrogens (primary N) is 1. The first kappa shape index (κ1) is 21.2. The molecule has 2 aromatic rings. The van der Waals surface area contributed by atoms with Crippen molar-refractivity contribution in [1.29, 1.82) is 0 Å². The second kappa shape index (κ2) is 10.3. The molecule has 0 aromatic heterocycles. The van der Waals surface area contributed by atoms with E-state index in [9.17, 15) is 4.79 Å². The van der Waals surface area contributed by atoms with Crippen molar-refractivity contribution in [3.05, 3.63) is 53.6 Å². The summed E-state index contributed by atoms with van der Waals surface area (Å²) in [6, 6.07) is 15.0. The fraction of sp³-hybridized carbons (Fsp3) is 0.333. The maximum absolute atomic E-state index is 12.6. The number of nitrogens with zero attached hydrogens (tertiary/aromatic N) is 2. The van der Waals surface area contributed by atoms with Gasteiger partial charge in [0.05, 0.1) is 6.61 Å². The van der Waals surface area contributed by atoms with Gasteiger partial charge in [-0.25, -0.2) is 4.79 Å². The number of hydrogen-bond donors (Lipinski definition) is 2. The summed E-state index contributed by atoms with van der Waals surface area (Å²) < 4.78 is 5.78. The van der Waals surface area contributed by atoms with Gasteiger partial charge in [-0.2, -0.15) is 0 Å². The van der Waals surface area contributed by atoms with Gasteiger partial charge in [0.2, 0.25) is 0 Å². The van der Waals surface area contributed by atoms with Crippen LogP contribution < -0.4 is 20.7 Å². The van der Waals surface area contributed by atoms with Crippen molar-refractivity contribution in [3.8, 4) is 5.75 Å². The molecule has 0 unspecified atom stereocenters. The Morgan fingerprint density at radius 2 is 1.93 bits per heavy atom. The molecule has 3 N–H and O–H groups in total. The maximum atomic E-state index is 12.6. The molecule has 8 heteroatoms. The standard InChI is InChI=1S/C21H25ClN4O2S/c22-16-7-9-18(10-8-16)26-13-12-25(21(26)27)11-2-1-3-14-28-19-6-4-5-17(15-19)24-20(23)29/h4-10,15H,1-3,11-14H2,(H3,23,24,29). The van der Waals surface area contributed by atoms with Crippen molar-refractivity contribution in [1.82, 2.24) is 4.90 Å². The highest BCUT2D eigenvalue weighted by Gasteiger charge is 2.28. The molecule has 1 heterocycles. The van der Waals surface area contributed by atoms with Crippen LogP contribution in [0.25, 0.3) is 0 Å². The van der Waals surface area contributed by atoms with Crippen molar-refractivity contribution in [2.24, 2.45) is 5.73 Å². The molecule has 0 aliphatic carbocycles. The van der Waals surface area contributed by atoms with Gasteiger partial charge in [-0.1, -0.05) is 17.7 Å². The van der Waals surface area contributed by atoms with E-state index in [4.69, 9.17) is 34.3 Å². The molecule has 6 nitrogen and oxygen atoms in total. The van der Waals surface area contributed by atoms with Gasteiger partial charge in [-0.15, -0.1) is 0 Å². The van der Waals surface area contributed by atoms with Crippen LogP contribution in [0.3, 0.4) is 0 Å². The molecule has 0 bridgehead atoms. The van der Waals surface area contributed by atoms with Gasteiger partial charge >= 0.3 is 6.03 Å². The molecule has 0 atom stereocenters. The fourth-order valence-electron chi connectivity index (χ4n) is 3.23. The number of amides is 2. The summed E-state index contributed by atoms with van der Waals surface area (Å²) >= 11 is 10.8. The first-order chi connectivity index (χ1) is 14.0. The molecule has 0 radical (unpaired) electrons. The van der Waals surface area contributed by atoms with E-state index in [2.05, 4.69) is 5.32 Å². The number of nitrogens with one attached hydrogen (secondary N) is 1. The van der Waals surface area contributed by atoms with E-state index in [-0.39, 0.29) is 11.1 Å². The van der Waals surface area contributed by atoms with Crippen LogP contribution in [-0.4, -0.2) is 42.3 Å². The highest BCUT2D eigenvalue weighted by atomic mass is 35.5. The van der Waals surface area contributed by atoms with Crippen LogP contribution in [0.4, 0.5) is 16.2 Å². The molecular weight excluding hydrogens is 408 g/mol. The SMILES string of the molecule is NC(=S)Nc1cccc(OCCCCCN2CCN(c3ccc(Cl)cc3)C2=O)c1. The van der Waals surface area contributed by atoms with Crippen molar-refractivity contribution < 1.29 is 9.53 Å². The molecule has 1 fully saturated rings. The molecule has 2 amide bonds. The number of anilines is 2. The third-order valence-electron chi connectivity index (χ3n) is 4.68. The molecule has 1 aliphatic rings. The molecule has 0 spiro atoms. The van der Waals surface area contributed by atoms with Gasteiger partial charge in [-0.3, -0.25) is 4.90 Å².